The number of pyridine rings is 2. The first-order valence-electron chi connectivity index (χ1n) is 11.9. The Morgan fingerprint density at radius 1 is 1.11 bits per heavy atom. The molecule has 1 atom stereocenters. The molecule has 1 saturated heterocycles. The first-order chi connectivity index (χ1) is 17.8. The summed E-state index contributed by atoms with van der Waals surface area (Å²) in [6.45, 7) is 4.49. The summed E-state index contributed by atoms with van der Waals surface area (Å²) >= 11 is 0. The van der Waals surface area contributed by atoms with Crippen LogP contribution in [0.1, 0.15) is 37.3 Å². The van der Waals surface area contributed by atoms with E-state index in [1.807, 2.05) is 11.8 Å². The first kappa shape index (κ1) is 27.4. The minimum Gasteiger partial charge on any atom is -0.481 e. The average molecular weight is 549 g/mol. The zero-order valence-corrected chi connectivity index (χ0v) is 21.6. The summed E-state index contributed by atoms with van der Waals surface area (Å²) in [5.41, 5.74) is -1.07. The van der Waals surface area contributed by atoms with Crippen LogP contribution in [0.25, 0.3) is 11.3 Å². The molecule has 1 aliphatic rings. The Morgan fingerprint density at radius 2 is 1.84 bits per heavy atom. The lowest BCUT2D eigenvalue weighted by Crippen LogP contribution is -2.43. The number of rotatable bonds is 7. The molecule has 0 saturated carbocycles. The Bertz CT molecular complexity index is 1460. The molecule has 0 unspecified atom stereocenters. The number of alkyl halides is 3. The number of carbonyl (C=O) groups is 1. The normalized spacial score (nSPS) is 18.3. The Morgan fingerprint density at radius 3 is 2.53 bits per heavy atom. The van der Waals surface area contributed by atoms with Crippen LogP contribution in [0.5, 0.6) is 0 Å². The molecule has 0 radical (unpaired) electrons. The maximum atomic E-state index is 13.7. The molecule has 38 heavy (non-hydrogen) atoms. The smallest absolute Gasteiger partial charge is 0.418 e. The number of aryl methyl sites for hydroxylation is 1. The number of anilines is 2. The van der Waals surface area contributed by atoms with Crippen LogP contribution in [-0.2, 0) is 21.0 Å². The number of sulfonamides is 1. The highest BCUT2D eigenvalue weighted by Gasteiger charge is 2.36. The van der Waals surface area contributed by atoms with Crippen LogP contribution in [0.2, 0.25) is 0 Å². The maximum Gasteiger partial charge on any atom is 0.418 e. The molecule has 2 N–H and O–H groups in total. The van der Waals surface area contributed by atoms with Gasteiger partial charge in [-0.15, -0.1) is 0 Å². The second-order valence-electron chi connectivity index (χ2n) is 9.75. The van der Waals surface area contributed by atoms with Gasteiger partial charge >= 0.3 is 12.1 Å². The third kappa shape index (κ3) is 6.07. The topological polar surface area (TPSA) is 112 Å². The molecule has 1 aliphatic heterocycles. The molecule has 3 aromatic rings. The number of carboxylic acids is 1. The van der Waals surface area contributed by atoms with E-state index in [2.05, 4.69) is 14.7 Å². The standard InChI is InChI=1S/C26H27F3N4O4S/c1-17-7-3-4-8-18(17)24-19(26(27,28)29)11-12-20(30-24)32-38(36,37)22-10-5-9-21(31-22)33-14-6-13-25(2,16-33)15-23(34)35/h3-5,7-12H,6,13-16H2,1-2H3,(H,30,32)(H,34,35)/t25-/m0/s1. The van der Waals surface area contributed by atoms with Crippen molar-refractivity contribution in [3.8, 4) is 11.3 Å². The van der Waals surface area contributed by atoms with Crippen LogP contribution in [0, 0.1) is 12.3 Å². The lowest BCUT2D eigenvalue weighted by atomic mass is 9.79. The quantitative estimate of drug-likeness (QED) is 0.409. The van der Waals surface area contributed by atoms with Crippen molar-refractivity contribution in [2.75, 3.05) is 22.7 Å². The molecule has 202 valence electrons. The highest BCUT2D eigenvalue weighted by Crippen LogP contribution is 2.38. The maximum absolute atomic E-state index is 13.7. The number of benzene rings is 1. The van der Waals surface area contributed by atoms with E-state index in [4.69, 9.17) is 0 Å². The Labute approximate surface area is 218 Å². The molecule has 0 spiro atoms. The molecule has 1 fully saturated rings. The van der Waals surface area contributed by atoms with Gasteiger partial charge in [-0.25, -0.2) is 9.97 Å². The second-order valence-corrected chi connectivity index (χ2v) is 11.4. The van der Waals surface area contributed by atoms with Crippen molar-refractivity contribution in [2.24, 2.45) is 5.41 Å². The lowest BCUT2D eigenvalue weighted by Gasteiger charge is -2.40. The van der Waals surface area contributed by atoms with Gasteiger partial charge in [0.05, 0.1) is 17.7 Å². The zero-order chi connectivity index (χ0) is 27.7. The lowest BCUT2D eigenvalue weighted by molar-refractivity contribution is -0.140. The number of halogens is 3. The summed E-state index contributed by atoms with van der Waals surface area (Å²) in [6.07, 6.45) is -3.27. The van der Waals surface area contributed by atoms with E-state index in [9.17, 15) is 31.5 Å². The predicted molar refractivity (Wildman–Crippen MR) is 136 cm³/mol. The number of carboxylic acid groups (broad SMARTS) is 1. The van der Waals surface area contributed by atoms with E-state index < -0.39 is 33.1 Å². The van der Waals surface area contributed by atoms with Crippen LogP contribution in [0.4, 0.5) is 24.8 Å². The summed E-state index contributed by atoms with van der Waals surface area (Å²) in [4.78, 5) is 21.5. The summed E-state index contributed by atoms with van der Waals surface area (Å²) in [6, 6.07) is 12.6. The fourth-order valence-corrected chi connectivity index (χ4v) is 5.69. The molecule has 0 bridgehead atoms. The van der Waals surface area contributed by atoms with E-state index in [1.165, 1.54) is 18.2 Å². The molecule has 8 nitrogen and oxygen atoms in total. The van der Waals surface area contributed by atoms with Gasteiger partial charge in [-0.05, 0) is 55.0 Å². The molecule has 2 aromatic heterocycles. The molecule has 12 heteroatoms. The third-order valence-corrected chi connectivity index (χ3v) is 7.76. The van der Waals surface area contributed by atoms with E-state index in [-0.39, 0.29) is 28.5 Å². The Kier molecular flexibility index (Phi) is 7.37. The predicted octanol–water partition coefficient (Wildman–Crippen LogP) is 5.35. The van der Waals surface area contributed by atoms with Crippen molar-refractivity contribution in [3.05, 3.63) is 65.7 Å². The van der Waals surface area contributed by atoms with Gasteiger partial charge < -0.3 is 10.0 Å². The minimum absolute atomic E-state index is 0.0220. The number of aromatic nitrogens is 2. The van der Waals surface area contributed by atoms with E-state index >= 15 is 0 Å². The Balaban J connectivity index is 1.64. The van der Waals surface area contributed by atoms with E-state index in [0.29, 0.717) is 24.5 Å². The summed E-state index contributed by atoms with van der Waals surface area (Å²) in [7, 11) is -4.31. The van der Waals surface area contributed by atoms with Crippen molar-refractivity contribution >= 4 is 27.6 Å². The van der Waals surface area contributed by atoms with Crippen molar-refractivity contribution < 1.29 is 31.5 Å². The number of aliphatic carboxylic acids is 1. The fourth-order valence-electron chi connectivity index (χ4n) is 4.73. The first-order valence-corrected chi connectivity index (χ1v) is 13.4. The number of hydrogen-bond acceptors (Lipinski definition) is 6. The van der Waals surface area contributed by atoms with Crippen molar-refractivity contribution in [1.82, 2.24) is 9.97 Å². The van der Waals surface area contributed by atoms with Crippen LogP contribution in [-0.4, -0.2) is 42.6 Å². The minimum atomic E-state index is -4.69. The molecule has 4 rings (SSSR count). The molecule has 0 aliphatic carbocycles. The molecule has 3 heterocycles. The highest BCUT2D eigenvalue weighted by atomic mass is 32.2. The van der Waals surface area contributed by atoms with E-state index in [1.54, 1.807) is 31.2 Å². The van der Waals surface area contributed by atoms with Gasteiger partial charge in [-0.2, -0.15) is 21.6 Å². The van der Waals surface area contributed by atoms with Gasteiger partial charge in [-0.3, -0.25) is 9.52 Å². The summed E-state index contributed by atoms with van der Waals surface area (Å²) < 4.78 is 69.8. The van der Waals surface area contributed by atoms with Gasteiger partial charge in [0.25, 0.3) is 10.0 Å². The Hall–Kier alpha value is -3.67. The van der Waals surface area contributed by atoms with Crippen LogP contribution in [0.3, 0.4) is 0 Å². The summed E-state index contributed by atoms with van der Waals surface area (Å²) in [5, 5.41) is 8.92. The van der Waals surface area contributed by atoms with Crippen LogP contribution in [0.15, 0.2) is 59.6 Å². The number of nitrogens with one attached hydrogen (secondary N) is 1. The second kappa shape index (κ2) is 10.2. The zero-order valence-electron chi connectivity index (χ0n) is 20.8. The largest absolute Gasteiger partial charge is 0.481 e. The molecule has 0 amide bonds. The number of piperidine rings is 1. The van der Waals surface area contributed by atoms with Gasteiger partial charge in [0.1, 0.15) is 11.6 Å². The van der Waals surface area contributed by atoms with Crippen LogP contribution < -0.4 is 9.62 Å². The molecule has 1 aromatic carbocycles. The van der Waals surface area contributed by atoms with E-state index in [0.717, 1.165) is 25.0 Å². The third-order valence-electron chi connectivity index (χ3n) is 6.51. The molecular formula is C26H27F3N4O4S. The van der Waals surface area contributed by atoms with Gasteiger partial charge in [0.15, 0.2) is 5.03 Å². The fraction of sp³-hybridized carbons (Fsp3) is 0.346. The number of nitrogens with zero attached hydrogens (tertiary/aromatic N) is 3. The van der Waals surface area contributed by atoms with Crippen molar-refractivity contribution in [2.45, 2.75) is 44.3 Å². The monoisotopic (exact) mass is 548 g/mol. The van der Waals surface area contributed by atoms with Crippen molar-refractivity contribution in [1.29, 1.82) is 0 Å². The van der Waals surface area contributed by atoms with Crippen LogP contribution >= 0.6 is 0 Å². The van der Waals surface area contributed by atoms with Crippen molar-refractivity contribution in [3.63, 3.8) is 0 Å². The summed E-state index contributed by atoms with van der Waals surface area (Å²) in [5.74, 6) is -0.822. The van der Waals surface area contributed by atoms with Gasteiger partial charge in [0, 0.05) is 18.7 Å². The average Bonchev–Trinajstić information content (AvgIpc) is 2.83. The van der Waals surface area contributed by atoms with Gasteiger partial charge in [0.2, 0.25) is 0 Å². The van der Waals surface area contributed by atoms with Gasteiger partial charge in [-0.1, -0.05) is 37.3 Å². The molecular weight excluding hydrogens is 521 g/mol. The number of hydrogen-bond donors (Lipinski definition) is 2. The SMILES string of the molecule is Cc1ccccc1-c1nc(NS(=O)(=O)c2cccc(N3CCC[C@@](C)(CC(=O)O)C3)n2)ccc1C(F)(F)F. The highest BCUT2D eigenvalue weighted by molar-refractivity contribution is 7.92.